The van der Waals surface area contributed by atoms with E-state index in [-0.39, 0.29) is 12.2 Å². The lowest BCUT2D eigenvalue weighted by Gasteiger charge is -2.14. The molecule has 0 fully saturated rings. The average molecular weight is 502 g/mol. The van der Waals surface area contributed by atoms with E-state index in [9.17, 15) is 15.3 Å². The molecule has 0 atom stereocenters. The number of carbonyl (C=O) groups is 1. The van der Waals surface area contributed by atoms with Crippen molar-refractivity contribution in [1.82, 2.24) is 0 Å². The lowest BCUT2D eigenvalue weighted by molar-refractivity contribution is -0.112. The van der Waals surface area contributed by atoms with Crippen LogP contribution in [0.25, 0.3) is 6.08 Å². The molecule has 0 aromatic heterocycles. The fourth-order valence-corrected chi connectivity index (χ4v) is 3.66. The molecule has 0 aliphatic rings. The summed E-state index contributed by atoms with van der Waals surface area (Å²) in [4.78, 5) is 12.6. The molecule has 0 aliphatic heterocycles. The molecule has 33 heavy (non-hydrogen) atoms. The summed E-state index contributed by atoms with van der Waals surface area (Å²) in [7, 11) is 1.50. The molecule has 0 aliphatic carbocycles. The summed E-state index contributed by atoms with van der Waals surface area (Å²) in [6.45, 7) is 2.05. The predicted molar refractivity (Wildman–Crippen MR) is 130 cm³/mol. The maximum Gasteiger partial charge on any atom is 0.266 e. The number of methoxy groups -OCH3 is 1. The Balaban J connectivity index is 1.85. The van der Waals surface area contributed by atoms with E-state index in [2.05, 4.69) is 27.3 Å². The van der Waals surface area contributed by atoms with E-state index in [4.69, 9.17) is 9.47 Å². The van der Waals surface area contributed by atoms with E-state index in [0.717, 1.165) is 11.1 Å². The van der Waals surface area contributed by atoms with E-state index < -0.39 is 5.91 Å². The average Bonchev–Trinajstić information content (AvgIpc) is 2.83. The second kappa shape index (κ2) is 11.0. The molecule has 0 bridgehead atoms. The van der Waals surface area contributed by atoms with Gasteiger partial charge in [-0.1, -0.05) is 36.4 Å². The minimum Gasteiger partial charge on any atom is -0.493 e. The zero-order chi connectivity index (χ0) is 23.8. The van der Waals surface area contributed by atoms with Gasteiger partial charge in [0.2, 0.25) is 0 Å². The molecular formula is C26H20BrN3O3. The van der Waals surface area contributed by atoms with E-state index >= 15 is 0 Å². The van der Waals surface area contributed by atoms with Crippen LogP contribution in [-0.2, 0) is 11.4 Å². The number of halogens is 1. The number of rotatable bonds is 7. The summed E-state index contributed by atoms with van der Waals surface area (Å²) < 4.78 is 12.0. The number of amides is 1. The summed E-state index contributed by atoms with van der Waals surface area (Å²) in [5.41, 5.74) is 3.35. The van der Waals surface area contributed by atoms with Crippen molar-refractivity contribution in [3.63, 3.8) is 0 Å². The monoisotopic (exact) mass is 501 g/mol. The molecule has 6 nitrogen and oxygen atoms in total. The summed E-state index contributed by atoms with van der Waals surface area (Å²) in [5.74, 6) is 0.363. The van der Waals surface area contributed by atoms with Gasteiger partial charge in [-0.25, -0.2) is 0 Å². The fourth-order valence-electron chi connectivity index (χ4n) is 3.09. The largest absolute Gasteiger partial charge is 0.493 e. The first kappa shape index (κ1) is 23.6. The van der Waals surface area contributed by atoms with Crippen LogP contribution < -0.4 is 14.8 Å². The molecule has 3 aromatic rings. The summed E-state index contributed by atoms with van der Waals surface area (Å²) >= 11 is 3.48. The first-order valence-electron chi connectivity index (χ1n) is 9.94. The molecule has 3 aromatic carbocycles. The number of benzene rings is 3. The van der Waals surface area contributed by atoms with Gasteiger partial charge in [0.1, 0.15) is 18.2 Å². The number of nitrogens with one attached hydrogen (secondary N) is 1. The third-order valence-corrected chi connectivity index (χ3v) is 5.42. The highest BCUT2D eigenvalue weighted by molar-refractivity contribution is 9.10. The smallest absolute Gasteiger partial charge is 0.266 e. The van der Waals surface area contributed by atoms with E-state index in [1.807, 2.05) is 43.3 Å². The Hall–Kier alpha value is -4.07. The van der Waals surface area contributed by atoms with Crippen LogP contribution in [0.15, 0.2) is 70.7 Å². The van der Waals surface area contributed by atoms with Gasteiger partial charge in [0.15, 0.2) is 11.5 Å². The molecular weight excluding hydrogens is 482 g/mol. The van der Waals surface area contributed by atoms with Gasteiger partial charge in [-0.2, -0.15) is 10.5 Å². The summed E-state index contributed by atoms with van der Waals surface area (Å²) in [5, 5.41) is 21.6. The van der Waals surface area contributed by atoms with Gasteiger partial charge in [0, 0.05) is 11.3 Å². The van der Waals surface area contributed by atoms with Gasteiger partial charge in [0.25, 0.3) is 5.91 Å². The van der Waals surface area contributed by atoms with Gasteiger partial charge in [0.05, 0.1) is 23.2 Å². The summed E-state index contributed by atoms with van der Waals surface area (Å²) in [6, 6.07) is 22.0. The SMILES string of the molecule is COc1cc(/C=C(/C#N)C(=O)Nc2ccccc2C)cc(Br)c1OCc1ccccc1C#N. The number of carbonyl (C=O) groups excluding carboxylic acids is 1. The zero-order valence-electron chi connectivity index (χ0n) is 18.1. The molecule has 0 heterocycles. The van der Waals surface area contributed by atoms with Crippen LogP contribution in [0.2, 0.25) is 0 Å². The Labute approximate surface area is 200 Å². The van der Waals surface area contributed by atoms with Crippen molar-refractivity contribution in [3.8, 4) is 23.6 Å². The van der Waals surface area contributed by atoms with Crippen molar-refractivity contribution in [3.05, 3.63) is 93.0 Å². The van der Waals surface area contributed by atoms with E-state index in [1.165, 1.54) is 13.2 Å². The fraction of sp³-hybridized carbons (Fsp3) is 0.115. The standard InChI is InChI=1S/C26H20BrN3O3/c1-17-7-3-6-10-23(17)30-26(31)21(15-29)11-18-12-22(27)25(24(13-18)32-2)33-16-20-9-5-4-8-19(20)14-28/h3-13H,16H2,1-2H3,(H,30,31)/b21-11-. The quantitative estimate of drug-likeness (QED) is 0.327. The van der Waals surface area contributed by atoms with Gasteiger partial charge >= 0.3 is 0 Å². The third kappa shape index (κ3) is 5.79. The Morgan fingerprint density at radius 3 is 2.55 bits per heavy atom. The molecule has 0 saturated carbocycles. The van der Waals surface area contributed by atoms with Crippen molar-refractivity contribution >= 4 is 33.6 Å². The first-order valence-corrected chi connectivity index (χ1v) is 10.7. The lowest BCUT2D eigenvalue weighted by atomic mass is 10.1. The normalized spacial score (nSPS) is 10.6. The second-order valence-electron chi connectivity index (χ2n) is 7.03. The minimum absolute atomic E-state index is 0.0520. The lowest BCUT2D eigenvalue weighted by Crippen LogP contribution is -2.14. The number of nitrogens with zero attached hydrogens (tertiary/aromatic N) is 2. The number of aryl methyl sites for hydroxylation is 1. The highest BCUT2D eigenvalue weighted by atomic mass is 79.9. The number of para-hydroxylation sites is 1. The molecule has 0 spiro atoms. The molecule has 7 heteroatoms. The number of hydrogen-bond acceptors (Lipinski definition) is 5. The Morgan fingerprint density at radius 2 is 1.85 bits per heavy atom. The van der Waals surface area contributed by atoms with Crippen LogP contribution in [0.1, 0.15) is 22.3 Å². The van der Waals surface area contributed by atoms with Gasteiger partial charge in [-0.3, -0.25) is 4.79 Å². The van der Waals surface area contributed by atoms with Crippen LogP contribution in [0.5, 0.6) is 11.5 Å². The Kier molecular flexibility index (Phi) is 7.86. The molecule has 3 rings (SSSR count). The maximum atomic E-state index is 12.6. The van der Waals surface area contributed by atoms with Crippen LogP contribution in [-0.4, -0.2) is 13.0 Å². The predicted octanol–water partition coefficient (Wildman–Crippen LogP) is 5.76. The maximum absolute atomic E-state index is 12.6. The Morgan fingerprint density at radius 1 is 1.12 bits per heavy atom. The first-order chi connectivity index (χ1) is 16.0. The number of ether oxygens (including phenoxy) is 2. The van der Waals surface area contributed by atoms with Crippen molar-refractivity contribution in [2.75, 3.05) is 12.4 Å². The number of anilines is 1. The third-order valence-electron chi connectivity index (χ3n) is 4.83. The van der Waals surface area contributed by atoms with Crippen molar-refractivity contribution in [2.45, 2.75) is 13.5 Å². The number of hydrogen-bond donors (Lipinski definition) is 1. The van der Waals surface area contributed by atoms with Crippen molar-refractivity contribution in [1.29, 1.82) is 10.5 Å². The second-order valence-corrected chi connectivity index (χ2v) is 7.88. The van der Waals surface area contributed by atoms with Gasteiger partial charge < -0.3 is 14.8 Å². The van der Waals surface area contributed by atoms with Crippen LogP contribution in [0, 0.1) is 29.6 Å². The van der Waals surface area contributed by atoms with E-state index in [1.54, 1.807) is 30.3 Å². The van der Waals surface area contributed by atoms with E-state index in [0.29, 0.717) is 32.8 Å². The van der Waals surface area contributed by atoms with Crippen LogP contribution in [0.3, 0.4) is 0 Å². The van der Waals surface area contributed by atoms with Gasteiger partial charge in [-0.05, 0) is 64.3 Å². The minimum atomic E-state index is -0.504. The molecule has 1 N–H and O–H groups in total. The summed E-state index contributed by atoms with van der Waals surface area (Å²) in [6.07, 6.45) is 1.48. The van der Waals surface area contributed by atoms with Crippen LogP contribution >= 0.6 is 15.9 Å². The topological polar surface area (TPSA) is 95.1 Å². The molecule has 0 saturated heterocycles. The molecule has 164 valence electrons. The highest BCUT2D eigenvalue weighted by Gasteiger charge is 2.15. The molecule has 0 unspecified atom stereocenters. The zero-order valence-corrected chi connectivity index (χ0v) is 19.6. The molecule has 1 amide bonds. The van der Waals surface area contributed by atoms with Crippen molar-refractivity contribution < 1.29 is 14.3 Å². The van der Waals surface area contributed by atoms with Crippen LogP contribution in [0.4, 0.5) is 5.69 Å². The molecule has 0 radical (unpaired) electrons. The Bertz CT molecular complexity index is 1300. The highest BCUT2D eigenvalue weighted by Crippen LogP contribution is 2.38. The number of nitriles is 2. The van der Waals surface area contributed by atoms with Crippen molar-refractivity contribution in [2.24, 2.45) is 0 Å². The van der Waals surface area contributed by atoms with Gasteiger partial charge in [-0.15, -0.1) is 0 Å².